The van der Waals surface area contributed by atoms with Gasteiger partial charge >= 0.3 is 0 Å². The van der Waals surface area contributed by atoms with Crippen LogP contribution in [0.15, 0.2) is 96.6 Å². The van der Waals surface area contributed by atoms with Crippen molar-refractivity contribution >= 4 is 17.6 Å². The Morgan fingerprint density at radius 1 is 0.744 bits per heavy atom. The number of benzene rings is 3. The van der Waals surface area contributed by atoms with Gasteiger partial charge in [-0.1, -0.05) is 49.1 Å². The molecule has 5 heteroatoms. The van der Waals surface area contributed by atoms with Crippen LogP contribution in [-0.2, 0) is 6.54 Å². The van der Waals surface area contributed by atoms with E-state index >= 15 is 0 Å². The Hall–Kier alpha value is -4.51. The third-order valence-corrected chi connectivity index (χ3v) is 6.62. The van der Waals surface area contributed by atoms with E-state index in [1.807, 2.05) is 71.0 Å². The zero-order valence-electron chi connectivity index (χ0n) is 23.4. The van der Waals surface area contributed by atoms with Gasteiger partial charge in [-0.25, -0.2) is 0 Å². The summed E-state index contributed by atoms with van der Waals surface area (Å²) in [4.78, 5) is 38.5. The van der Waals surface area contributed by atoms with Crippen LogP contribution in [-0.4, -0.2) is 24.1 Å². The zero-order valence-corrected chi connectivity index (χ0v) is 23.4. The highest BCUT2D eigenvalue weighted by atomic mass is 16.2. The molecular formula is C34H36N2O3. The summed E-state index contributed by atoms with van der Waals surface area (Å²) < 4.78 is 0. The maximum atomic E-state index is 13.3. The number of aryl methyl sites for hydroxylation is 4. The lowest BCUT2D eigenvalue weighted by Gasteiger charge is -2.10. The highest BCUT2D eigenvalue weighted by molar-refractivity contribution is 6.11. The molecule has 0 saturated carbocycles. The number of hydrogen-bond acceptors (Lipinski definition) is 3. The summed E-state index contributed by atoms with van der Waals surface area (Å²) in [5, 5.41) is 5.80. The van der Waals surface area contributed by atoms with Gasteiger partial charge in [0, 0.05) is 35.4 Å². The number of Topliss-reactive ketones (excluding diaryl/α,β-unsaturated/α-hetero) is 1. The van der Waals surface area contributed by atoms with Gasteiger partial charge in [0.2, 0.25) is 0 Å². The highest BCUT2D eigenvalue weighted by Gasteiger charge is 2.13. The summed E-state index contributed by atoms with van der Waals surface area (Å²) >= 11 is 0. The third-order valence-electron chi connectivity index (χ3n) is 6.62. The van der Waals surface area contributed by atoms with E-state index in [0.717, 1.165) is 27.8 Å². The molecular weight excluding hydrogens is 484 g/mol. The molecule has 0 aliphatic rings. The maximum Gasteiger partial charge on any atom is 0.251 e. The van der Waals surface area contributed by atoms with E-state index in [2.05, 4.69) is 17.2 Å². The second kappa shape index (κ2) is 13.3. The van der Waals surface area contributed by atoms with Crippen molar-refractivity contribution in [1.82, 2.24) is 10.6 Å². The Balaban J connectivity index is 1.66. The second-order valence-corrected chi connectivity index (χ2v) is 9.75. The van der Waals surface area contributed by atoms with Crippen LogP contribution >= 0.6 is 0 Å². The fraction of sp³-hybridized carbons (Fsp3) is 0.206. The molecule has 0 atom stereocenters. The van der Waals surface area contributed by atoms with Gasteiger partial charge in [0.1, 0.15) is 0 Å². The first-order valence-corrected chi connectivity index (χ1v) is 13.0. The van der Waals surface area contributed by atoms with E-state index in [1.165, 1.54) is 0 Å². The van der Waals surface area contributed by atoms with Gasteiger partial charge in [-0.15, -0.1) is 0 Å². The third kappa shape index (κ3) is 7.99. The molecule has 0 spiro atoms. The Labute approximate surface area is 231 Å². The lowest BCUT2D eigenvalue weighted by atomic mass is 9.99. The molecule has 3 aromatic rings. The van der Waals surface area contributed by atoms with Gasteiger partial charge in [-0.3, -0.25) is 14.4 Å². The minimum atomic E-state index is -0.192. The average molecular weight is 521 g/mol. The molecule has 2 N–H and O–H groups in total. The summed E-state index contributed by atoms with van der Waals surface area (Å²) in [6, 6.07) is 18.4. The standard InChI is InChI=1S/C34H36N2O3/c1-7-9-28(16-22(2)20-35-33(38)30-14-12-23(3)25(5)17-30)32(37)29-11-8-10-27(19-29)21-36-34(39)31-15-13-24(4)26(6)18-31/h7-19H,2,20-21H2,1,3-6H3,(H,35,38)(H,36,39)/b9-7-,28-16+. The molecule has 0 radical (unpaired) electrons. The molecule has 3 aromatic carbocycles. The summed E-state index contributed by atoms with van der Waals surface area (Å²) in [6.07, 6.45) is 5.21. The molecule has 0 saturated heterocycles. The minimum absolute atomic E-state index is 0.163. The Morgan fingerprint density at radius 3 is 1.90 bits per heavy atom. The molecule has 39 heavy (non-hydrogen) atoms. The molecule has 0 fully saturated rings. The van der Waals surface area contributed by atoms with Gasteiger partial charge in [-0.05, 0) is 104 Å². The lowest BCUT2D eigenvalue weighted by Crippen LogP contribution is -2.25. The molecule has 0 bridgehead atoms. The topological polar surface area (TPSA) is 75.3 Å². The SMILES string of the molecule is C=C(/C=C(\C=C/C)C(=O)c1cccc(CNC(=O)c2ccc(C)c(C)c2)c1)CNC(=O)c1ccc(C)c(C)c1. The zero-order chi connectivity index (χ0) is 28.5. The number of carbonyl (C=O) groups excluding carboxylic acids is 3. The Morgan fingerprint density at radius 2 is 1.33 bits per heavy atom. The number of carbonyl (C=O) groups is 3. The normalized spacial score (nSPS) is 11.4. The van der Waals surface area contributed by atoms with Crippen LogP contribution in [0.5, 0.6) is 0 Å². The number of nitrogens with one attached hydrogen (secondary N) is 2. The molecule has 0 aliphatic heterocycles. The molecule has 0 aliphatic carbocycles. The highest BCUT2D eigenvalue weighted by Crippen LogP contribution is 2.15. The maximum absolute atomic E-state index is 13.3. The van der Waals surface area contributed by atoms with Crippen LogP contribution in [0.4, 0.5) is 0 Å². The van der Waals surface area contributed by atoms with Crippen LogP contribution in [0, 0.1) is 27.7 Å². The number of amides is 2. The fourth-order valence-electron chi connectivity index (χ4n) is 3.97. The predicted molar refractivity (Wildman–Crippen MR) is 158 cm³/mol. The molecule has 0 unspecified atom stereocenters. The van der Waals surface area contributed by atoms with Crippen LogP contribution in [0.3, 0.4) is 0 Å². The Kier molecular flexibility index (Phi) is 9.93. The van der Waals surface area contributed by atoms with E-state index in [9.17, 15) is 14.4 Å². The van der Waals surface area contributed by atoms with Crippen molar-refractivity contribution < 1.29 is 14.4 Å². The van der Waals surface area contributed by atoms with E-state index in [1.54, 1.807) is 42.5 Å². The van der Waals surface area contributed by atoms with Crippen LogP contribution in [0.1, 0.15) is 65.8 Å². The van der Waals surface area contributed by atoms with Gasteiger partial charge in [0.05, 0.1) is 0 Å². The first-order valence-electron chi connectivity index (χ1n) is 13.0. The minimum Gasteiger partial charge on any atom is -0.348 e. The smallest absolute Gasteiger partial charge is 0.251 e. The van der Waals surface area contributed by atoms with Gasteiger partial charge in [0.15, 0.2) is 5.78 Å². The van der Waals surface area contributed by atoms with Crippen molar-refractivity contribution in [3.63, 3.8) is 0 Å². The molecule has 3 rings (SSSR count). The van der Waals surface area contributed by atoms with Gasteiger partial charge < -0.3 is 10.6 Å². The fourth-order valence-corrected chi connectivity index (χ4v) is 3.97. The summed E-state index contributed by atoms with van der Waals surface area (Å²) in [5.74, 6) is -0.525. The first-order chi connectivity index (χ1) is 18.6. The quantitative estimate of drug-likeness (QED) is 0.182. The number of rotatable bonds is 10. The van der Waals surface area contributed by atoms with Crippen molar-refractivity contribution in [3.8, 4) is 0 Å². The van der Waals surface area contributed by atoms with E-state index < -0.39 is 0 Å². The summed E-state index contributed by atoms with van der Waals surface area (Å²) in [6.45, 7) is 14.3. The lowest BCUT2D eigenvalue weighted by molar-refractivity contribution is 0.0945. The largest absolute Gasteiger partial charge is 0.348 e. The molecule has 200 valence electrons. The van der Waals surface area contributed by atoms with Crippen molar-refractivity contribution in [2.45, 2.75) is 41.2 Å². The number of hydrogen-bond donors (Lipinski definition) is 2. The van der Waals surface area contributed by atoms with Crippen molar-refractivity contribution in [1.29, 1.82) is 0 Å². The second-order valence-electron chi connectivity index (χ2n) is 9.75. The molecule has 0 aromatic heterocycles. The Bertz CT molecular complexity index is 1480. The monoisotopic (exact) mass is 520 g/mol. The van der Waals surface area contributed by atoms with E-state index in [0.29, 0.717) is 34.4 Å². The summed E-state index contributed by atoms with van der Waals surface area (Å²) in [5.41, 5.74) is 7.94. The van der Waals surface area contributed by atoms with Crippen molar-refractivity contribution in [2.24, 2.45) is 0 Å². The number of ketones is 1. The van der Waals surface area contributed by atoms with Crippen LogP contribution < -0.4 is 10.6 Å². The predicted octanol–water partition coefficient (Wildman–Crippen LogP) is 6.52. The van der Waals surface area contributed by atoms with E-state index in [-0.39, 0.29) is 24.1 Å². The van der Waals surface area contributed by atoms with Crippen molar-refractivity contribution in [3.05, 3.63) is 141 Å². The van der Waals surface area contributed by atoms with Crippen molar-refractivity contribution in [2.75, 3.05) is 6.54 Å². The molecule has 5 nitrogen and oxygen atoms in total. The number of allylic oxidation sites excluding steroid dienone is 3. The molecule has 2 amide bonds. The average Bonchev–Trinajstić information content (AvgIpc) is 2.92. The van der Waals surface area contributed by atoms with Crippen LogP contribution in [0.25, 0.3) is 0 Å². The molecule has 0 heterocycles. The van der Waals surface area contributed by atoms with E-state index in [4.69, 9.17) is 0 Å². The van der Waals surface area contributed by atoms with Crippen LogP contribution in [0.2, 0.25) is 0 Å². The van der Waals surface area contributed by atoms with Gasteiger partial charge in [-0.2, -0.15) is 0 Å². The summed E-state index contributed by atoms with van der Waals surface area (Å²) in [7, 11) is 0. The first kappa shape index (κ1) is 29.1. The van der Waals surface area contributed by atoms with Gasteiger partial charge in [0.25, 0.3) is 11.8 Å².